The zero-order valence-electron chi connectivity index (χ0n) is 5.93. The number of rotatable bonds is 0. The van der Waals surface area contributed by atoms with E-state index >= 15 is 0 Å². The third-order valence-corrected chi connectivity index (χ3v) is 0. The molecule has 0 rings (SSSR count). The number of hydrogen-bond donors (Lipinski definition) is 2. The molecule has 0 saturated carbocycles. The molecule has 44 valence electrons. The Hall–Kier alpha value is 2.04. The van der Waals surface area contributed by atoms with Crippen LogP contribution >= 0.6 is 0 Å². The maximum atomic E-state index is 8.57. The van der Waals surface area contributed by atoms with Crippen molar-refractivity contribution in [2.24, 2.45) is 0 Å². The summed E-state index contributed by atoms with van der Waals surface area (Å²) in [5.41, 5.74) is 0. The summed E-state index contributed by atoms with van der Waals surface area (Å²) in [6.07, 6.45) is 0. The molecular weight excluding hydrogens is 214 g/mol. The van der Waals surface area contributed by atoms with Crippen molar-refractivity contribution in [2.45, 2.75) is 0 Å². The van der Waals surface area contributed by atoms with Gasteiger partial charge in [0.05, 0.1) is 0 Å². The molecule has 0 heterocycles. The van der Waals surface area contributed by atoms with Gasteiger partial charge in [0.1, 0.15) is 0 Å². The van der Waals surface area contributed by atoms with E-state index in [0.29, 0.717) is 0 Å². The summed E-state index contributed by atoms with van der Waals surface area (Å²) < 4.78 is 31.3. The molecule has 2 N–H and O–H groups in total. The Morgan fingerprint density at radius 1 is 1.12 bits per heavy atom. The van der Waals surface area contributed by atoms with Gasteiger partial charge in [-0.2, -0.15) is 0 Å². The molecule has 0 fully saturated rings. The van der Waals surface area contributed by atoms with E-state index < -0.39 is 31.0 Å². The molecule has 0 radical (unpaired) electrons. The SMILES string of the molecule is [Ca+2].[Fe].[H-].[H-].[O]=[Al][OH].[O]=[Al][OH]. The van der Waals surface area contributed by atoms with Crippen molar-refractivity contribution >= 4 is 68.7 Å². The van der Waals surface area contributed by atoms with Crippen LogP contribution in [0.15, 0.2) is 0 Å². The van der Waals surface area contributed by atoms with E-state index in [1.54, 1.807) is 0 Å². The molecule has 0 unspecified atom stereocenters. The van der Waals surface area contributed by atoms with Gasteiger partial charge in [-0.1, -0.05) is 0 Å². The molecule has 0 bridgehead atoms. The fourth-order valence-corrected chi connectivity index (χ4v) is 0. The summed E-state index contributed by atoms with van der Waals surface area (Å²) >= 11 is -3.00. The van der Waals surface area contributed by atoms with E-state index in [1.807, 2.05) is 0 Å². The average molecular weight is 218 g/mol. The summed E-state index contributed by atoms with van der Waals surface area (Å²) in [6, 6.07) is 0. The van der Waals surface area contributed by atoms with Crippen molar-refractivity contribution in [1.82, 2.24) is 0 Å². The molecule has 0 aliphatic rings. The first-order valence-corrected chi connectivity index (χ1v) is 2.96. The summed E-state index contributed by atoms with van der Waals surface area (Å²) in [4.78, 5) is 0. The molecule has 0 aromatic carbocycles. The van der Waals surface area contributed by atoms with E-state index in [9.17, 15) is 0 Å². The standard InChI is InChI=1S/2Al.Ca.Fe.2H2O.2O.2H/h;;;;2*1H2;;;;/q2*+1;+2;;;;;;2*-1/p-2. The Kier molecular flexibility index (Phi) is 101. The summed E-state index contributed by atoms with van der Waals surface area (Å²) in [5.74, 6) is 0. The topological polar surface area (TPSA) is 74.6 Å². The van der Waals surface area contributed by atoms with Crippen LogP contribution in [0.4, 0.5) is 0 Å². The van der Waals surface area contributed by atoms with Gasteiger partial charge in [-0.05, 0) is 0 Å². The Labute approximate surface area is 103 Å². The molecular formula is H4Al2CaFeO4. The van der Waals surface area contributed by atoms with Gasteiger partial charge in [0.15, 0.2) is 0 Å². The van der Waals surface area contributed by atoms with Crippen molar-refractivity contribution in [1.29, 1.82) is 0 Å². The first-order chi connectivity index (χ1) is 2.83. The third kappa shape index (κ3) is 95.5. The molecule has 0 aromatic rings. The summed E-state index contributed by atoms with van der Waals surface area (Å²) in [7, 11) is 0. The van der Waals surface area contributed by atoms with Crippen LogP contribution in [-0.4, -0.2) is 77.0 Å². The van der Waals surface area contributed by atoms with Crippen molar-refractivity contribution < 1.29 is 35.8 Å². The van der Waals surface area contributed by atoms with Crippen LogP contribution < -0.4 is 0 Å². The third-order valence-electron chi connectivity index (χ3n) is 0. The van der Waals surface area contributed by atoms with E-state index in [0.717, 1.165) is 0 Å². The number of hydrogen-bond acceptors (Lipinski definition) is 2. The molecule has 0 saturated heterocycles. The second kappa shape index (κ2) is 35.8. The Morgan fingerprint density at radius 3 is 1.12 bits per heavy atom. The van der Waals surface area contributed by atoms with Crippen LogP contribution in [0.5, 0.6) is 0 Å². The quantitative estimate of drug-likeness (QED) is 0.449. The van der Waals surface area contributed by atoms with Gasteiger partial charge in [-0.15, -0.1) is 0 Å². The molecule has 8 heavy (non-hydrogen) atoms. The zero-order chi connectivity index (χ0) is 5.41. The van der Waals surface area contributed by atoms with Crippen LogP contribution in [0.25, 0.3) is 0 Å². The molecule has 4 nitrogen and oxygen atoms in total. The van der Waals surface area contributed by atoms with E-state index in [1.165, 1.54) is 0 Å². The Morgan fingerprint density at radius 2 is 1.12 bits per heavy atom. The van der Waals surface area contributed by atoms with Crippen LogP contribution in [0.1, 0.15) is 2.85 Å². The van der Waals surface area contributed by atoms with Gasteiger partial charge in [-0.25, -0.2) is 0 Å². The Balaban J connectivity index is -0.00000000571. The normalized spacial score (nSPS) is 2.00. The monoisotopic (exact) mass is 218 g/mol. The molecule has 8 heteroatoms. The molecule has 0 atom stereocenters. The average Bonchev–Trinajstić information content (AvgIpc) is 1.39. The van der Waals surface area contributed by atoms with Crippen LogP contribution in [0.3, 0.4) is 0 Å². The van der Waals surface area contributed by atoms with Crippen molar-refractivity contribution in [3.05, 3.63) is 0 Å². The predicted octanol–water partition coefficient (Wildman–Crippen LogP) is -2.27. The first kappa shape index (κ1) is 22.5. The van der Waals surface area contributed by atoms with Crippen molar-refractivity contribution in [3.8, 4) is 0 Å². The zero-order valence-corrected chi connectivity index (χ0v) is 9.55. The minimum absolute atomic E-state index is 0. The van der Waals surface area contributed by atoms with E-state index in [2.05, 4.69) is 0 Å². The van der Waals surface area contributed by atoms with E-state index in [4.69, 9.17) is 15.9 Å². The van der Waals surface area contributed by atoms with Crippen LogP contribution in [0.2, 0.25) is 0 Å². The molecule has 0 spiro atoms. The second-order valence-corrected chi connectivity index (χ2v) is 0.632. The van der Waals surface area contributed by atoms with Gasteiger partial charge >= 0.3 is 84.6 Å². The van der Waals surface area contributed by atoms with Crippen molar-refractivity contribution in [2.75, 3.05) is 0 Å². The molecule has 0 aliphatic carbocycles. The van der Waals surface area contributed by atoms with Gasteiger partial charge in [0.2, 0.25) is 0 Å². The second-order valence-electron chi connectivity index (χ2n) is 0.211. The Bertz CT molecular complexity index is 42.2. The predicted molar refractivity (Wildman–Crippen MR) is 25.3 cm³/mol. The summed E-state index contributed by atoms with van der Waals surface area (Å²) in [5, 5.41) is 0. The fraction of sp³-hybridized carbons (Fsp3) is 0. The van der Waals surface area contributed by atoms with Gasteiger partial charge in [0.25, 0.3) is 0 Å². The fourth-order valence-electron chi connectivity index (χ4n) is 0. The maximum absolute atomic E-state index is 8.57. The molecule has 0 amide bonds. The van der Waals surface area contributed by atoms with Gasteiger partial charge in [-0.3, -0.25) is 0 Å². The van der Waals surface area contributed by atoms with Gasteiger partial charge < -0.3 is 2.85 Å². The first-order valence-electron chi connectivity index (χ1n) is 0.988. The van der Waals surface area contributed by atoms with E-state index in [-0.39, 0.29) is 57.7 Å². The van der Waals surface area contributed by atoms with Crippen molar-refractivity contribution in [3.63, 3.8) is 0 Å². The van der Waals surface area contributed by atoms with Gasteiger partial charge in [0, 0.05) is 17.1 Å². The molecule has 0 aromatic heterocycles. The van der Waals surface area contributed by atoms with Crippen LogP contribution in [-0.2, 0) is 24.7 Å². The van der Waals surface area contributed by atoms with Crippen LogP contribution in [0, 0.1) is 0 Å². The summed E-state index contributed by atoms with van der Waals surface area (Å²) in [6.45, 7) is 0. The minimum atomic E-state index is -1.50. The molecule has 0 aliphatic heterocycles.